The van der Waals surface area contributed by atoms with Gasteiger partial charge in [0.2, 0.25) is 0 Å². The fourth-order valence-electron chi connectivity index (χ4n) is 2.63. The lowest BCUT2D eigenvalue weighted by molar-refractivity contribution is 0.401. The summed E-state index contributed by atoms with van der Waals surface area (Å²) in [7, 11) is 0. The lowest BCUT2D eigenvalue weighted by Gasteiger charge is -2.24. The van der Waals surface area contributed by atoms with Crippen LogP contribution in [0.15, 0.2) is 28.2 Å². The van der Waals surface area contributed by atoms with Crippen molar-refractivity contribution in [2.75, 3.05) is 6.54 Å². The Hall–Kier alpha value is -0.310. The monoisotopic (exact) mass is 327 g/mol. The van der Waals surface area contributed by atoms with E-state index in [2.05, 4.69) is 28.1 Å². The van der Waals surface area contributed by atoms with E-state index in [1.165, 1.54) is 43.2 Å². The van der Waals surface area contributed by atoms with Gasteiger partial charge in [-0.1, -0.05) is 48.6 Å². The second kappa shape index (κ2) is 6.74. The average molecular weight is 329 g/mol. The summed E-state index contributed by atoms with van der Waals surface area (Å²) >= 11 is 9.47. The van der Waals surface area contributed by atoms with Crippen LogP contribution in [0, 0.1) is 5.92 Å². The zero-order valence-corrected chi connectivity index (χ0v) is 12.8. The molecule has 0 radical (unpaired) electrons. The van der Waals surface area contributed by atoms with Gasteiger partial charge >= 0.3 is 0 Å². The predicted molar refractivity (Wildman–Crippen MR) is 82.8 cm³/mol. The molecule has 0 heterocycles. The van der Waals surface area contributed by atoms with E-state index in [0.29, 0.717) is 12.5 Å². The van der Waals surface area contributed by atoms with Crippen molar-refractivity contribution in [3.05, 3.63) is 38.8 Å². The molecule has 98 valence electrons. The van der Waals surface area contributed by atoms with Gasteiger partial charge < -0.3 is 5.73 Å². The van der Waals surface area contributed by atoms with Crippen molar-refractivity contribution < 1.29 is 0 Å². The third-order valence-electron chi connectivity index (χ3n) is 3.66. The number of hydrogen-bond donors (Lipinski definition) is 1. The molecule has 2 N–H and O–H groups in total. The molecule has 1 aromatic rings. The van der Waals surface area contributed by atoms with E-state index in [0.717, 1.165) is 9.50 Å². The summed E-state index contributed by atoms with van der Waals surface area (Å²) in [6.07, 6.45) is 8.87. The van der Waals surface area contributed by atoms with Crippen LogP contribution in [-0.2, 0) is 0 Å². The molecule has 0 saturated heterocycles. The van der Waals surface area contributed by atoms with E-state index >= 15 is 0 Å². The number of nitrogens with two attached hydrogens (primary N) is 1. The third-order valence-corrected chi connectivity index (χ3v) is 4.87. The van der Waals surface area contributed by atoms with Crippen LogP contribution in [0.2, 0.25) is 5.02 Å². The number of rotatable bonds is 3. The molecule has 0 unspecified atom stereocenters. The van der Waals surface area contributed by atoms with Gasteiger partial charge in [-0.05, 0) is 52.4 Å². The minimum absolute atomic E-state index is 0.658. The van der Waals surface area contributed by atoms with Gasteiger partial charge in [0.1, 0.15) is 0 Å². The molecular formula is C15H19BrClN. The van der Waals surface area contributed by atoms with Crippen molar-refractivity contribution in [1.82, 2.24) is 0 Å². The summed E-state index contributed by atoms with van der Waals surface area (Å²) in [6.45, 7) is 0.658. The lowest BCUT2D eigenvalue weighted by Crippen LogP contribution is -2.16. The maximum atomic E-state index is 6.01. The van der Waals surface area contributed by atoms with Crippen LogP contribution in [0.1, 0.15) is 37.7 Å². The zero-order chi connectivity index (χ0) is 13.0. The smallest absolute Gasteiger partial charge is 0.0548 e. The molecule has 0 aromatic heterocycles. The van der Waals surface area contributed by atoms with Crippen LogP contribution in [0.3, 0.4) is 0 Å². The molecule has 0 atom stereocenters. The lowest BCUT2D eigenvalue weighted by atomic mass is 9.83. The topological polar surface area (TPSA) is 26.0 Å². The molecule has 0 amide bonds. The summed E-state index contributed by atoms with van der Waals surface area (Å²) in [4.78, 5) is 0. The number of benzene rings is 1. The highest BCUT2D eigenvalue weighted by Crippen LogP contribution is 2.31. The minimum Gasteiger partial charge on any atom is -0.327 e. The molecule has 18 heavy (non-hydrogen) atoms. The van der Waals surface area contributed by atoms with Crippen molar-refractivity contribution in [1.29, 1.82) is 0 Å². The van der Waals surface area contributed by atoms with Gasteiger partial charge in [-0.25, -0.2) is 0 Å². The standard InChI is InChI=1S/C15H19BrClN/c16-14-9-11(6-7-15(14)17)8-13(10-18)12-4-2-1-3-5-12/h6-9,12H,1-5,10,18H2/b13-8-. The van der Waals surface area contributed by atoms with Crippen LogP contribution in [0.25, 0.3) is 6.08 Å². The second-order valence-electron chi connectivity index (χ2n) is 4.93. The molecule has 0 aliphatic heterocycles. The molecule has 1 aromatic carbocycles. The molecule has 0 bridgehead atoms. The Kier molecular flexibility index (Phi) is 5.28. The third kappa shape index (κ3) is 3.59. The fourth-order valence-corrected chi connectivity index (χ4v) is 3.15. The van der Waals surface area contributed by atoms with E-state index in [1.54, 1.807) is 0 Å². The normalized spacial score (nSPS) is 18.1. The van der Waals surface area contributed by atoms with Gasteiger partial charge in [0.15, 0.2) is 0 Å². The summed E-state index contributed by atoms with van der Waals surface area (Å²) in [5.41, 5.74) is 8.47. The largest absolute Gasteiger partial charge is 0.327 e. The molecule has 1 aliphatic rings. The Labute approximate surface area is 123 Å². The Morgan fingerprint density at radius 1 is 1.33 bits per heavy atom. The van der Waals surface area contributed by atoms with E-state index in [9.17, 15) is 0 Å². The van der Waals surface area contributed by atoms with Crippen molar-refractivity contribution in [3.8, 4) is 0 Å². The minimum atomic E-state index is 0.658. The number of hydrogen-bond acceptors (Lipinski definition) is 1. The van der Waals surface area contributed by atoms with Crippen LogP contribution < -0.4 is 5.73 Å². The Morgan fingerprint density at radius 2 is 2.06 bits per heavy atom. The highest BCUT2D eigenvalue weighted by atomic mass is 79.9. The SMILES string of the molecule is NC/C(=C/c1ccc(Cl)c(Br)c1)C1CCCCC1. The molecule has 3 heteroatoms. The number of halogens is 2. The fraction of sp³-hybridized carbons (Fsp3) is 0.467. The highest BCUT2D eigenvalue weighted by Gasteiger charge is 2.16. The first kappa shape index (κ1) is 14.1. The Bertz CT molecular complexity index is 436. The molecule has 2 rings (SSSR count). The van der Waals surface area contributed by atoms with Crippen molar-refractivity contribution in [3.63, 3.8) is 0 Å². The van der Waals surface area contributed by atoms with Crippen LogP contribution in [0.5, 0.6) is 0 Å². The second-order valence-corrected chi connectivity index (χ2v) is 6.19. The van der Waals surface area contributed by atoms with E-state index < -0.39 is 0 Å². The average Bonchev–Trinajstić information content (AvgIpc) is 2.41. The van der Waals surface area contributed by atoms with Gasteiger partial charge in [-0.15, -0.1) is 0 Å². The van der Waals surface area contributed by atoms with Crippen molar-refractivity contribution in [2.24, 2.45) is 11.7 Å². The van der Waals surface area contributed by atoms with E-state index in [4.69, 9.17) is 17.3 Å². The maximum absolute atomic E-state index is 6.01. The van der Waals surface area contributed by atoms with Gasteiger partial charge in [-0.2, -0.15) is 0 Å². The van der Waals surface area contributed by atoms with E-state index in [-0.39, 0.29) is 0 Å². The van der Waals surface area contributed by atoms with Crippen molar-refractivity contribution in [2.45, 2.75) is 32.1 Å². The van der Waals surface area contributed by atoms with Gasteiger partial charge in [0.25, 0.3) is 0 Å². The first-order valence-corrected chi connectivity index (χ1v) is 7.73. The quantitative estimate of drug-likeness (QED) is 0.828. The summed E-state index contributed by atoms with van der Waals surface area (Å²) in [5, 5.41) is 0.749. The summed E-state index contributed by atoms with van der Waals surface area (Å²) < 4.78 is 0.943. The first-order valence-electron chi connectivity index (χ1n) is 6.56. The van der Waals surface area contributed by atoms with Crippen LogP contribution in [-0.4, -0.2) is 6.54 Å². The van der Waals surface area contributed by atoms with Gasteiger partial charge in [0, 0.05) is 11.0 Å². The summed E-state index contributed by atoms with van der Waals surface area (Å²) in [5.74, 6) is 0.679. The molecule has 1 aliphatic carbocycles. The maximum Gasteiger partial charge on any atom is 0.0548 e. The van der Waals surface area contributed by atoms with Gasteiger partial charge in [0.05, 0.1) is 5.02 Å². The molecule has 1 saturated carbocycles. The highest BCUT2D eigenvalue weighted by molar-refractivity contribution is 9.10. The Morgan fingerprint density at radius 3 is 2.67 bits per heavy atom. The molecular weight excluding hydrogens is 310 g/mol. The van der Waals surface area contributed by atoms with Crippen LogP contribution >= 0.6 is 27.5 Å². The van der Waals surface area contributed by atoms with Crippen LogP contribution in [0.4, 0.5) is 0 Å². The predicted octanol–water partition coefficient (Wildman–Crippen LogP) is 5.02. The Balaban J connectivity index is 2.19. The molecule has 1 nitrogen and oxygen atoms in total. The molecule has 0 spiro atoms. The molecule has 1 fully saturated rings. The zero-order valence-electron chi connectivity index (χ0n) is 10.5. The summed E-state index contributed by atoms with van der Waals surface area (Å²) in [6, 6.07) is 6.03. The first-order chi connectivity index (χ1) is 8.70. The van der Waals surface area contributed by atoms with E-state index in [1.807, 2.05) is 12.1 Å². The van der Waals surface area contributed by atoms with Crippen molar-refractivity contribution >= 4 is 33.6 Å². The van der Waals surface area contributed by atoms with Gasteiger partial charge in [-0.3, -0.25) is 0 Å².